The summed E-state index contributed by atoms with van der Waals surface area (Å²) < 4.78 is 5.40. The number of aromatic nitrogens is 1. The summed E-state index contributed by atoms with van der Waals surface area (Å²) in [7, 11) is 0. The lowest BCUT2D eigenvalue weighted by Crippen LogP contribution is -2.15. The zero-order valence-electron chi connectivity index (χ0n) is 10.5. The van der Waals surface area contributed by atoms with Gasteiger partial charge in [-0.15, -0.1) is 0 Å². The van der Waals surface area contributed by atoms with Crippen LogP contribution < -0.4 is 5.32 Å². The summed E-state index contributed by atoms with van der Waals surface area (Å²) >= 11 is 0. The standard InChI is InChI=1S/C14H16N2O3/c17-13(18)7-4-8-15-9-12-10-19-14(16-12)11-5-2-1-3-6-11/h1-3,5-6,10,15H,4,7-9H2,(H,17,18). The molecule has 0 unspecified atom stereocenters. The molecule has 0 fully saturated rings. The second kappa shape index (κ2) is 6.70. The van der Waals surface area contributed by atoms with Crippen molar-refractivity contribution in [1.29, 1.82) is 0 Å². The molecule has 0 radical (unpaired) electrons. The van der Waals surface area contributed by atoms with Crippen molar-refractivity contribution in [3.63, 3.8) is 0 Å². The Hall–Kier alpha value is -2.14. The predicted molar refractivity (Wildman–Crippen MR) is 70.5 cm³/mol. The second-order valence-electron chi connectivity index (χ2n) is 4.18. The van der Waals surface area contributed by atoms with E-state index >= 15 is 0 Å². The second-order valence-corrected chi connectivity index (χ2v) is 4.18. The molecule has 0 saturated heterocycles. The van der Waals surface area contributed by atoms with Gasteiger partial charge in [0, 0.05) is 18.5 Å². The summed E-state index contributed by atoms with van der Waals surface area (Å²) in [4.78, 5) is 14.7. The Kier molecular flexibility index (Phi) is 4.69. The van der Waals surface area contributed by atoms with Crippen molar-refractivity contribution in [2.75, 3.05) is 6.54 Å². The SMILES string of the molecule is O=C(O)CCCNCc1coc(-c2ccccc2)n1. The molecule has 0 atom stereocenters. The van der Waals surface area contributed by atoms with Gasteiger partial charge in [-0.05, 0) is 25.1 Å². The Morgan fingerprint density at radius 3 is 2.84 bits per heavy atom. The van der Waals surface area contributed by atoms with Crippen LogP contribution in [0, 0.1) is 0 Å². The van der Waals surface area contributed by atoms with Crippen molar-refractivity contribution < 1.29 is 14.3 Å². The van der Waals surface area contributed by atoms with Crippen molar-refractivity contribution in [1.82, 2.24) is 10.3 Å². The fraction of sp³-hybridized carbons (Fsp3) is 0.286. The van der Waals surface area contributed by atoms with Crippen LogP contribution in [-0.2, 0) is 11.3 Å². The number of nitrogens with zero attached hydrogens (tertiary/aromatic N) is 1. The Morgan fingerprint density at radius 1 is 1.32 bits per heavy atom. The van der Waals surface area contributed by atoms with Crippen molar-refractivity contribution in [3.05, 3.63) is 42.3 Å². The maximum Gasteiger partial charge on any atom is 0.303 e. The first-order valence-corrected chi connectivity index (χ1v) is 6.18. The van der Waals surface area contributed by atoms with E-state index in [1.807, 2.05) is 30.3 Å². The van der Waals surface area contributed by atoms with Gasteiger partial charge in [0.1, 0.15) is 6.26 Å². The van der Waals surface area contributed by atoms with Crippen molar-refractivity contribution >= 4 is 5.97 Å². The molecule has 2 rings (SSSR count). The number of carboxylic acid groups (broad SMARTS) is 1. The number of hydrogen-bond donors (Lipinski definition) is 2. The topological polar surface area (TPSA) is 75.4 Å². The minimum atomic E-state index is -0.769. The van der Waals surface area contributed by atoms with Gasteiger partial charge in [-0.2, -0.15) is 0 Å². The molecule has 2 aromatic rings. The molecule has 1 aromatic carbocycles. The highest BCUT2D eigenvalue weighted by molar-refractivity contribution is 5.66. The third-order valence-electron chi connectivity index (χ3n) is 2.62. The molecule has 0 saturated carbocycles. The Balaban J connectivity index is 1.80. The molecule has 0 aliphatic rings. The third-order valence-corrected chi connectivity index (χ3v) is 2.62. The highest BCUT2D eigenvalue weighted by atomic mass is 16.4. The van der Waals surface area contributed by atoms with E-state index in [0.717, 1.165) is 11.3 Å². The molecule has 5 nitrogen and oxygen atoms in total. The van der Waals surface area contributed by atoms with Gasteiger partial charge in [0.2, 0.25) is 5.89 Å². The number of hydrogen-bond acceptors (Lipinski definition) is 4. The first-order valence-electron chi connectivity index (χ1n) is 6.18. The lowest BCUT2D eigenvalue weighted by molar-refractivity contribution is -0.137. The maximum absolute atomic E-state index is 10.3. The molecule has 1 aromatic heterocycles. The van der Waals surface area contributed by atoms with E-state index in [4.69, 9.17) is 9.52 Å². The zero-order chi connectivity index (χ0) is 13.5. The molecule has 5 heteroatoms. The minimum Gasteiger partial charge on any atom is -0.481 e. The van der Waals surface area contributed by atoms with Gasteiger partial charge in [0.25, 0.3) is 0 Å². The van der Waals surface area contributed by atoms with Crippen LogP contribution in [0.25, 0.3) is 11.5 Å². The lowest BCUT2D eigenvalue weighted by Gasteiger charge is -1.99. The van der Waals surface area contributed by atoms with Crippen molar-refractivity contribution in [3.8, 4) is 11.5 Å². The highest BCUT2D eigenvalue weighted by Gasteiger charge is 2.05. The molecule has 19 heavy (non-hydrogen) atoms. The van der Waals surface area contributed by atoms with Crippen LogP contribution in [-0.4, -0.2) is 22.6 Å². The molecule has 2 N–H and O–H groups in total. The number of nitrogens with one attached hydrogen (secondary N) is 1. The maximum atomic E-state index is 10.3. The van der Waals surface area contributed by atoms with Crippen molar-refractivity contribution in [2.24, 2.45) is 0 Å². The van der Waals surface area contributed by atoms with Crippen LogP contribution in [0.15, 0.2) is 41.0 Å². The Labute approximate surface area is 111 Å². The quantitative estimate of drug-likeness (QED) is 0.747. The highest BCUT2D eigenvalue weighted by Crippen LogP contribution is 2.17. The summed E-state index contributed by atoms with van der Waals surface area (Å²) in [5.74, 6) is -0.169. The predicted octanol–water partition coefficient (Wildman–Crippen LogP) is 2.30. The van der Waals surface area contributed by atoms with E-state index in [1.54, 1.807) is 6.26 Å². The number of aliphatic carboxylic acids is 1. The average Bonchev–Trinajstić information content (AvgIpc) is 2.88. The molecule has 0 spiro atoms. The summed E-state index contributed by atoms with van der Waals surface area (Å²) in [6, 6.07) is 9.69. The van der Waals surface area contributed by atoms with E-state index in [0.29, 0.717) is 25.4 Å². The molecular weight excluding hydrogens is 244 g/mol. The lowest BCUT2D eigenvalue weighted by atomic mass is 10.2. The van der Waals surface area contributed by atoms with E-state index in [-0.39, 0.29) is 6.42 Å². The first-order chi connectivity index (χ1) is 9.25. The summed E-state index contributed by atoms with van der Waals surface area (Å²) in [5.41, 5.74) is 1.76. The first kappa shape index (κ1) is 13.3. The molecule has 0 aliphatic carbocycles. The smallest absolute Gasteiger partial charge is 0.303 e. The van der Waals surface area contributed by atoms with Crippen LogP contribution >= 0.6 is 0 Å². The Bertz CT molecular complexity index is 522. The fourth-order valence-corrected chi connectivity index (χ4v) is 1.68. The Morgan fingerprint density at radius 2 is 2.11 bits per heavy atom. The minimum absolute atomic E-state index is 0.182. The largest absolute Gasteiger partial charge is 0.481 e. The van der Waals surface area contributed by atoms with Gasteiger partial charge in [0.05, 0.1) is 5.69 Å². The molecule has 0 bridgehead atoms. The number of rotatable bonds is 7. The fourth-order valence-electron chi connectivity index (χ4n) is 1.68. The third kappa shape index (κ3) is 4.22. The summed E-state index contributed by atoms with van der Waals surface area (Å²) in [6.45, 7) is 1.23. The van der Waals surface area contributed by atoms with Gasteiger partial charge >= 0.3 is 5.97 Å². The molecule has 0 aliphatic heterocycles. The molecule has 0 amide bonds. The number of carbonyl (C=O) groups is 1. The van der Waals surface area contributed by atoms with Crippen molar-refractivity contribution in [2.45, 2.75) is 19.4 Å². The average molecular weight is 260 g/mol. The van der Waals surface area contributed by atoms with Crippen LogP contribution in [0.5, 0.6) is 0 Å². The van der Waals surface area contributed by atoms with Gasteiger partial charge < -0.3 is 14.8 Å². The number of carboxylic acids is 1. The monoisotopic (exact) mass is 260 g/mol. The van der Waals surface area contributed by atoms with Crippen LogP contribution in [0.3, 0.4) is 0 Å². The summed E-state index contributed by atoms with van der Waals surface area (Å²) in [6.07, 6.45) is 2.41. The van der Waals surface area contributed by atoms with Crippen LogP contribution in [0.4, 0.5) is 0 Å². The van der Waals surface area contributed by atoms with E-state index < -0.39 is 5.97 Å². The zero-order valence-corrected chi connectivity index (χ0v) is 10.5. The van der Waals surface area contributed by atoms with Gasteiger partial charge in [-0.3, -0.25) is 4.79 Å². The van der Waals surface area contributed by atoms with Gasteiger partial charge in [-0.25, -0.2) is 4.98 Å². The van der Waals surface area contributed by atoms with Gasteiger partial charge in [-0.1, -0.05) is 18.2 Å². The number of benzene rings is 1. The molecular formula is C14H16N2O3. The van der Waals surface area contributed by atoms with Gasteiger partial charge in [0.15, 0.2) is 0 Å². The van der Waals surface area contributed by atoms with E-state index in [2.05, 4.69) is 10.3 Å². The number of oxazole rings is 1. The summed E-state index contributed by atoms with van der Waals surface area (Å²) in [5, 5.41) is 11.6. The van der Waals surface area contributed by atoms with Crippen LogP contribution in [0.1, 0.15) is 18.5 Å². The molecule has 1 heterocycles. The van der Waals surface area contributed by atoms with E-state index in [9.17, 15) is 4.79 Å². The van der Waals surface area contributed by atoms with Crippen LogP contribution in [0.2, 0.25) is 0 Å². The van der Waals surface area contributed by atoms with E-state index in [1.165, 1.54) is 0 Å². The normalized spacial score (nSPS) is 10.5. The molecule has 100 valence electrons.